The van der Waals surface area contributed by atoms with Crippen molar-refractivity contribution in [2.45, 2.75) is 13.5 Å². The van der Waals surface area contributed by atoms with Gasteiger partial charge < -0.3 is 15.0 Å². The second kappa shape index (κ2) is 9.19. The SMILES string of the molecule is CCN(Cc1ccccc1)c1nccc(Nc2cc(C(=O)OC)ccc2Cl)n1. The average Bonchev–Trinajstić information content (AvgIpc) is 2.74. The average molecular weight is 397 g/mol. The van der Waals surface area contributed by atoms with E-state index in [1.165, 1.54) is 12.7 Å². The topological polar surface area (TPSA) is 67.4 Å². The van der Waals surface area contributed by atoms with Gasteiger partial charge in [-0.1, -0.05) is 41.9 Å². The number of aromatic nitrogens is 2. The summed E-state index contributed by atoms with van der Waals surface area (Å²) in [6.07, 6.45) is 1.69. The van der Waals surface area contributed by atoms with E-state index in [4.69, 9.17) is 16.3 Å². The molecular formula is C21H21ClN4O2. The molecule has 0 aliphatic heterocycles. The van der Waals surface area contributed by atoms with Crippen LogP contribution in [0.15, 0.2) is 60.8 Å². The van der Waals surface area contributed by atoms with Crippen LogP contribution >= 0.6 is 11.6 Å². The lowest BCUT2D eigenvalue weighted by atomic mass is 10.2. The minimum absolute atomic E-state index is 0.406. The number of halogens is 1. The van der Waals surface area contributed by atoms with Crippen LogP contribution in [0.5, 0.6) is 0 Å². The Kier molecular flexibility index (Phi) is 6.45. The Morgan fingerprint density at radius 2 is 1.96 bits per heavy atom. The lowest BCUT2D eigenvalue weighted by Crippen LogP contribution is -2.24. The molecule has 0 spiro atoms. The van der Waals surface area contributed by atoms with E-state index in [1.807, 2.05) is 18.2 Å². The second-order valence-electron chi connectivity index (χ2n) is 6.05. The van der Waals surface area contributed by atoms with Gasteiger partial charge in [0.05, 0.1) is 23.4 Å². The third-order valence-corrected chi connectivity index (χ3v) is 4.50. The molecule has 1 aromatic heterocycles. The number of nitrogens with zero attached hydrogens (tertiary/aromatic N) is 3. The number of esters is 1. The van der Waals surface area contributed by atoms with E-state index in [1.54, 1.807) is 30.5 Å². The molecule has 0 unspecified atom stereocenters. The predicted octanol–water partition coefficient (Wildman–Crippen LogP) is 4.69. The summed E-state index contributed by atoms with van der Waals surface area (Å²) in [5, 5.41) is 3.63. The van der Waals surface area contributed by atoms with Gasteiger partial charge in [0.15, 0.2) is 0 Å². The lowest BCUT2D eigenvalue weighted by Gasteiger charge is -2.21. The number of methoxy groups -OCH3 is 1. The normalized spacial score (nSPS) is 10.4. The maximum Gasteiger partial charge on any atom is 0.337 e. The van der Waals surface area contributed by atoms with Crippen LogP contribution in [0, 0.1) is 0 Å². The van der Waals surface area contributed by atoms with E-state index in [2.05, 4.69) is 39.2 Å². The molecule has 3 aromatic rings. The molecule has 7 heteroatoms. The minimum atomic E-state index is -0.428. The van der Waals surface area contributed by atoms with Gasteiger partial charge in [0.1, 0.15) is 5.82 Å². The summed E-state index contributed by atoms with van der Waals surface area (Å²) in [5.74, 6) is 0.764. The molecule has 2 aromatic carbocycles. The Labute approximate surface area is 169 Å². The highest BCUT2D eigenvalue weighted by atomic mass is 35.5. The molecule has 0 fully saturated rings. The molecule has 0 saturated carbocycles. The number of carbonyl (C=O) groups excluding carboxylic acids is 1. The molecular weight excluding hydrogens is 376 g/mol. The highest BCUT2D eigenvalue weighted by molar-refractivity contribution is 6.33. The summed E-state index contributed by atoms with van der Waals surface area (Å²) >= 11 is 6.26. The van der Waals surface area contributed by atoms with Gasteiger partial charge >= 0.3 is 5.97 Å². The fraction of sp³-hybridized carbons (Fsp3) is 0.190. The van der Waals surface area contributed by atoms with Crippen LogP contribution < -0.4 is 10.2 Å². The number of hydrogen-bond donors (Lipinski definition) is 1. The highest BCUT2D eigenvalue weighted by Crippen LogP contribution is 2.27. The van der Waals surface area contributed by atoms with Gasteiger partial charge in [-0.2, -0.15) is 4.98 Å². The van der Waals surface area contributed by atoms with E-state index >= 15 is 0 Å². The molecule has 0 aliphatic carbocycles. The van der Waals surface area contributed by atoms with Crippen LogP contribution in [0.2, 0.25) is 5.02 Å². The Morgan fingerprint density at radius 3 is 2.68 bits per heavy atom. The number of hydrogen-bond acceptors (Lipinski definition) is 6. The first-order valence-electron chi connectivity index (χ1n) is 8.87. The van der Waals surface area contributed by atoms with Gasteiger partial charge in [-0.05, 0) is 36.8 Å². The molecule has 3 rings (SSSR count). The van der Waals surface area contributed by atoms with Gasteiger partial charge in [0, 0.05) is 19.3 Å². The summed E-state index contributed by atoms with van der Waals surface area (Å²) in [7, 11) is 1.34. The summed E-state index contributed by atoms with van der Waals surface area (Å²) in [4.78, 5) is 22.8. The Balaban J connectivity index is 1.82. The van der Waals surface area contributed by atoms with Crippen molar-refractivity contribution in [2.24, 2.45) is 0 Å². The monoisotopic (exact) mass is 396 g/mol. The van der Waals surface area contributed by atoms with Crippen molar-refractivity contribution in [3.8, 4) is 0 Å². The highest BCUT2D eigenvalue weighted by Gasteiger charge is 2.12. The van der Waals surface area contributed by atoms with Gasteiger partial charge in [-0.25, -0.2) is 9.78 Å². The fourth-order valence-corrected chi connectivity index (χ4v) is 2.87. The van der Waals surface area contributed by atoms with E-state index in [9.17, 15) is 4.79 Å². The van der Waals surface area contributed by atoms with Crippen LogP contribution in [0.4, 0.5) is 17.5 Å². The molecule has 28 heavy (non-hydrogen) atoms. The van der Waals surface area contributed by atoms with Gasteiger partial charge in [-0.3, -0.25) is 0 Å². The van der Waals surface area contributed by atoms with Crippen LogP contribution in [0.1, 0.15) is 22.8 Å². The third-order valence-electron chi connectivity index (χ3n) is 4.17. The molecule has 0 amide bonds. The zero-order valence-electron chi connectivity index (χ0n) is 15.7. The molecule has 1 N–H and O–H groups in total. The van der Waals surface area contributed by atoms with E-state index < -0.39 is 5.97 Å². The minimum Gasteiger partial charge on any atom is -0.465 e. The summed E-state index contributed by atoms with van der Waals surface area (Å²) < 4.78 is 4.76. The van der Waals surface area contributed by atoms with Gasteiger partial charge in [0.2, 0.25) is 5.95 Å². The Morgan fingerprint density at radius 1 is 1.18 bits per heavy atom. The number of ether oxygens (including phenoxy) is 1. The summed E-state index contributed by atoms with van der Waals surface area (Å²) in [5.41, 5.74) is 2.16. The molecule has 144 valence electrons. The molecule has 0 bridgehead atoms. The first-order valence-corrected chi connectivity index (χ1v) is 9.25. The van der Waals surface area contributed by atoms with Gasteiger partial charge in [0.25, 0.3) is 0 Å². The largest absolute Gasteiger partial charge is 0.465 e. The van der Waals surface area contributed by atoms with Crippen LogP contribution in [-0.2, 0) is 11.3 Å². The van der Waals surface area contributed by atoms with E-state index in [-0.39, 0.29) is 0 Å². The van der Waals surface area contributed by atoms with Crippen molar-refractivity contribution in [3.05, 3.63) is 76.9 Å². The van der Waals surface area contributed by atoms with Crippen LogP contribution in [0.25, 0.3) is 0 Å². The first kappa shape index (κ1) is 19.6. The summed E-state index contributed by atoms with van der Waals surface area (Å²) in [6, 6.07) is 16.8. The third kappa shape index (κ3) is 4.78. The first-order chi connectivity index (χ1) is 13.6. The number of benzene rings is 2. The molecule has 0 saturated heterocycles. The molecule has 6 nitrogen and oxygen atoms in total. The van der Waals surface area contributed by atoms with E-state index in [0.29, 0.717) is 34.6 Å². The predicted molar refractivity (Wildman–Crippen MR) is 111 cm³/mol. The quantitative estimate of drug-likeness (QED) is 0.584. The standard InChI is InChI=1S/C21H21ClN4O2/c1-3-26(14-15-7-5-4-6-8-15)21-23-12-11-19(25-21)24-18-13-16(20(27)28-2)9-10-17(18)22/h4-13H,3,14H2,1-2H3,(H,23,24,25). The van der Waals surface area contributed by atoms with Crippen LogP contribution in [0.3, 0.4) is 0 Å². The zero-order chi connectivity index (χ0) is 19.9. The lowest BCUT2D eigenvalue weighted by molar-refractivity contribution is 0.0601. The van der Waals surface area contributed by atoms with Crippen LogP contribution in [-0.4, -0.2) is 29.6 Å². The molecule has 0 aliphatic rings. The second-order valence-corrected chi connectivity index (χ2v) is 6.46. The van der Waals surface area contributed by atoms with E-state index in [0.717, 1.165) is 6.54 Å². The molecule has 0 radical (unpaired) electrons. The number of anilines is 3. The van der Waals surface area contributed by atoms with Crippen molar-refractivity contribution in [2.75, 3.05) is 23.9 Å². The maximum atomic E-state index is 11.8. The smallest absolute Gasteiger partial charge is 0.337 e. The fourth-order valence-electron chi connectivity index (χ4n) is 2.70. The maximum absolute atomic E-state index is 11.8. The van der Waals surface area contributed by atoms with Gasteiger partial charge in [-0.15, -0.1) is 0 Å². The summed E-state index contributed by atoms with van der Waals surface area (Å²) in [6.45, 7) is 3.53. The number of carbonyl (C=O) groups is 1. The van der Waals surface area contributed by atoms with Crippen molar-refractivity contribution in [1.82, 2.24) is 9.97 Å². The van der Waals surface area contributed by atoms with Crippen molar-refractivity contribution in [3.63, 3.8) is 0 Å². The number of nitrogens with one attached hydrogen (secondary N) is 1. The van der Waals surface area contributed by atoms with Crippen molar-refractivity contribution >= 4 is 35.0 Å². The zero-order valence-corrected chi connectivity index (χ0v) is 16.5. The Hall–Kier alpha value is -3.12. The number of rotatable bonds is 7. The van der Waals surface area contributed by atoms with Crippen molar-refractivity contribution in [1.29, 1.82) is 0 Å². The Bertz CT molecular complexity index is 950. The molecule has 1 heterocycles. The van der Waals surface area contributed by atoms with Crippen molar-refractivity contribution < 1.29 is 9.53 Å². The molecule has 0 atom stereocenters.